The number of rotatable bonds is 4. The second kappa shape index (κ2) is 5.17. The first-order valence-electron chi connectivity index (χ1n) is 5.46. The van der Waals surface area contributed by atoms with Crippen LogP contribution < -0.4 is 4.74 Å². The van der Waals surface area contributed by atoms with E-state index in [-0.39, 0.29) is 0 Å². The van der Waals surface area contributed by atoms with Crippen LogP contribution in [0.2, 0.25) is 0 Å². The molecule has 0 aliphatic carbocycles. The number of benzene rings is 1. The van der Waals surface area contributed by atoms with Gasteiger partial charge in [-0.15, -0.1) is 0 Å². The van der Waals surface area contributed by atoms with E-state index >= 15 is 0 Å². The van der Waals surface area contributed by atoms with E-state index in [9.17, 15) is 0 Å². The Bertz CT molecular complexity index is 540. The zero-order valence-corrected chi connectivity index (χ0v) is 9.63. The summed E-state index contributed by atoms with van der Waals surface area (Å²) in [5.41, 5.74) is 1.63. The first-order valence-corrected chi connectivity index (χ1v) is 5.46. The first kappa shape index (κ1) is 11.2. The van der Waals surface area contributed by atoms with Gasteiger partial charge in [-0.05, 0) is 25.1 Å². The van der Waals surface area contributed by atoms with E-state index in [0.717, 1.165) is 12.1 Å². The molecule has 1 aromatic carbocycles. The average molecular weight is 227 g/mol. The molecule has 0 N–H and O–H groups in total. The number of nitriles is 1. The molecule has 2 rings (SSSR count). The van der Waals surface area contributed by atoms with Crippen molar-refractivity contribution in [2.24, 2.45) is 0 Å². The van der Waals surface area contributed by atoms with Crippen molar-refractivity contribution in [2.75, 3.05) is 0 Å². The number of hydrogen-bond acceptors (Lipinski definition) is 3. The van der Waals surface area contributed by atoms with Gasteiger partial charge in [-0.3, -0.25) is 4.68 Å². The third kappa shape index (κ3) is 2.85. The van der Waals surface area contributed by atoms with Crippen molar-refractivity contribution in [1.29, 1.82) is 5.26 Å². The molecule has 0 unspecified atom stereocenters. The lowest BCUT2D eigenvalue weighted by Gasteiger charge is -2.04. The minimum atomic E-state index is 0.467. The van der Waals surface area contributed by atoms with E-state index in [2.05, 4.69) is 11.2 Å². The normalized spacial score (nSPS) is 9.88. The minimum Gasteiger partial charge on any atom is -0.489 e. The van der Waals surface area contributed by atoms with Crippen LogP contribution in [0.5, 0.6) is 5.75 Å². The van der Waals surface area contributed by atoms with Gasteiger partial charge < -0.3 is 4.74 Å². The lowest BCUT2D eigenvalue weighted by atomic mass is 10.2. The van der Waals surface area contributed by atoms with Gasteiger partial charge in [-0.2, -0.15) is 10.4 Å². The molecule has 17 heavy (non-hydrogen) atoms. The molecular formula is C13H13N3O. The highest BCUT2D eigenvalue weighted by molar-refractivity contribution is 5.36. The molecule has 0 spiro atoms. The highest BCUT2D eigenvalue weighted by atomic mass is 16.5. The molecule has 4 heteroatoms. The minimum absolute atomic E-state index is 0.467. The quantitative estimate of drug-likeness (QED) is 0.805. The SMILES string of the molecule is CCn1cc(COc2cccc(C#N)c2)cn1. The van der Waals surface area contributed by atoms with Crippen molar-refractivity contribution in [3.05, 3.63) is 47.8 Å². The molecular weight excluding hydrogens is 214 g/mol. The number of ether oxygens (including phenoxy) is 1. The van der Waals surface area contributed by atoms with Crippen LogP contribution in [0.25, 0.3) is 0 Å². The van der Waals surface area contributed by atoms with E-state index in [1.165, 1.54) is 0 Å². The predicted molar refractivity (Wildman–Crippen MR) is 63.4 cm³/mol. The molecule has 0 fully saturated rings. The van der Waals surface area contributed by atoms with Gasteiger partial charge in [-0.25, -0.2) is 0 Å². The maximum Gasteiger partial charge on any atom is 0.121 e. The highest BCUT2D eigenvalue weighted by Crippen LogP contribution is 2.14. The summed E-state index contributed by atoms with van der Waals surface area (Å²) in [6.45, 7) is 3.35. The summed E-state index contributed by atoms with van der Waals surface area (Å²) in [4.78, 5) is 0. The Morgan fingerprint density at radius 3 is 3.06 bits per heavy atom. The number of aromatic nitrogens is 2. The molecule has 0 saturated heterocycles. The van der Waals surface area contributed by atoms with E-state index < -0.39 is 0 Å². The summed E-state index contributed by atoms with van der Waals surface area (Å²) in [5.74, 6) is 0.702. The third-order valence-electron chi connectivity index (χ3n) is 2.38. The van der Waals surface area contributed by atoms with Crippen molar-refractivity contribution in [2.45, 2.75) is 20.1 Å². The Hall–Kier alpha value is -2.28. The number of hydrogen-bond donors (Lipinski definition) is 0. The molecule has 0 bridgehead atoms. The average Bonchev–Trinajstić information content (AvgIpc) is 2.84. The molecule has 0 saturated carbocycles. The molecule has 2 aromatic rings. The Morgan fingerprint density at radius 1 is 1.47 bits per heavy atom. The van der Waals surface area contributed by atoms with Crippen LogP contribution in [0.15, 0.2) is 36.7 Å². The molecule has 0 aliphatic heterocycles. The van der Waals surface area contributed by atoms with E-state index in [4.69, 9.17) is 10.00 Å². The van der Waals surface area contributed by atoms with E-state index in [0.29, 0.717) is 17.9 Å². The Labute approximate surface area is 100 Å². The topological polar surface area (TPSA) is 50.8 Å². The summed E-state index contributed by atoms with van der Waals surface area (Å²) >= 11 is 0. The van der Waals surface area contributed by atoms with Crippen molar-refractivity contribution in [3.8, 4) is 11.8 Å². The molecule has 0 aliphatic rings. The summed E-state index contributed by atoms with van der Waals surface area (Å²) in [6.07, 6.45) is 3.74. The van der Waals surface area contributed by atoms with Gasteiger partial charge in [0, 0.05) is 18.3 Å². The molecule has 86 valence electrons. The molecule has 1 aromatic heterocycles. The maximum absolute atomic E-state index is 8.76. The fourth-order valence-corrected chi connectivity index (χ4v) is 1.48. The fraction of sp³-hybridized carbons (Fsp3) is 0.231. The van der Waals surface area contributed by atoms with Crippen LogP contribution in [0.4, 0.5) is 0 Å². The Balaban J connectivity index is 1.99. The predicted octanol–water partition coefficient (Wildman–Crippen LogP) is 2.35. The van der Waals surface area contributed by atoms with Crippen molar-refractivity contribution < 1.29 is 4.74 Å². The van der Waals surface area contributed by atoms with Crippen LogP contribution >= 0.6 is 0 Å². The van der Waals surface area contributed by atoms with Crippen LogP contribution in [0, 0.1) is 11.3 Å². The second-order valence-electron chi connectivity index (χ2n) is 3.63. The first-order chi connectivity index (χ1) is 8.31. The molecule has 0 radical (unpaired) electrons. The van der Waals surface area contributed by atoms with Gasteiger partial charge in [0.2, 0.25) is 0 Å². The van der Waals surface area contributed by atoms with Crippen molar-refractivity contribution in [1.82, 2.24) is 9.78 Å². The van der Waals surface area contributed by atoms with Gasteiger partial charge in [0.25, 0.3) is 0 Å². The second-order valence-corrected chi connectivity index (χ2v) is 3.63. The Kier molecular flexibility index (Phi) is 3.41. The van der Waals surface area contributed by atoms with Gasteiger partial charge in [-0.1, -0.05) is 6.07 Å². The summed E-state index contributed by atoms with van der Waals surface area (Å²) in [7, 11) is 0. The van der Waals surface area contributed by atoms with Crippen LogP contribution in [-0.4, -0.2) is 9.78 Å². The zero-order chi connectivity index (χ0) is 12.1. The van der Waals surface area contributed by atoms with Gasteiger partial charge in [0.15, 0.2) is 0 Å². The lowest BCUT2D eigenvalue weighted by Crippen LogP contribution is -1.95. The van der Waals surface area contributed by atoms with Crippen LogP contribution in [-0.2, 0) is 13.2 Å². The molecule has 0 amide bonds. The number of nitrogens with zero attached hydrogens (tertiary/aromatic N) is 3. The maximum atomic E-state index is 8.76. The standard InChI is InChI=1S/C13H13N3O/c1-2-16-9-12(8-15-16)10-17-13-5-3-4-11(6-13)7-14/h3-6,8-9H,2,10H2,1H3. The van der Waals surface area contributed by atoms with Gasteiger partial charge >= 0.3 is 0 Å². The Morgan fingerprint density at radius 2 is 2.35 bits per heavy atom. The monoisotopic (exact) mass is 227 g/mol. The van der Waals surface area contributed by atoms with Crippen molar-refractivity contribution in [3.63, 3.8) is 0 Å². The largest absolute Gasteiger partial charge is 0.489 e. The van der Waals surface area contributed by atoms with E-state index in [1.54, 1.807) is 18.3 Å². The summed E-state index contributed by atoms with van der Waals surface area (Å²) in [6, 6.07) is 9.21. The lowest BCUT2D eigenvalue weighted by molar-refractivity contribution is 0.306. The van der Waals surface area contributed by atoms with Crippen LogP contribution in [0.3, 0.4) is 0 Å². The van der Waals surface area contributed by atoms with E-state index in [1.807, 2.05) is 29.9 Å². The summed E-state index contributed by atoms with van der Waals surface area (Å²) in [5, 5.41) is 12.9. The van der Waals surface area contributed by atoms with Gasteiger partial charge in [0.1, 0.15) is 12.4 Å². The molecule has 1 heterocycles. The fourth-order valence-electron chi connectivity index (χ4n) is 1.48. The highest BCUT2D eigenvalue weighted by Gasteiger charge is 2.00. The van der Waals surface area contributed by atoms with Gasteiger partial charge in [0.05, 0.1) is 17.8 Å². The molecule has 4 nitrogen and oxygen atoms in total. The third-order valence-corrected chi connectivity index (χ3v) is 2.38. The van der Waals surface area contributed by atoms with Crippen LogP contribution in [0.1, 0.15) is 18.1 Å². The summed E-state index contributed by atoms with van der Waals surface area (Å²) < 4.78 is 7.44. The number of aryl methyl sites for hydroxylation is 1. The molecule has 0 atom stereocenters. The smallest absolute Gasteiger partial charge is 0.121 e. The van der Waals surface area contributed by atoms with Crippen molar-refractivity contribution >= 4 is 0 Å². The zero-order valence-electron chi connectivity index (χ0n) is 9.63.